The van der Waals surface area contributed by atoms with E-state index in [-0.39, 0.29) is 11.7 Å². The lowest BCUT2D eigenvalue weighted by Gasteiger charge is -2.36. The minimum Gasteiger partial charge on any atom is -0.367 e. The Balaban J connectivity index is 1.61. The summed E-state index contributed by atoms with van der Waals surface area (Å²) in [4.78, 5) is 16.0. The maximum Gasteiger partial charge on any atom is 0.322 e. The van der Waals surface area contributed by atoms with E-state index < -0.39 is 5.82 Å². The van der Waals surface area contributed by atoms with Crippen LogP contribution >= 0.6 is 23.2 Å². The predicted octanol–water partition coefficient (Wildman–Crippen LogP) is 4.49. The fraction of sp³-hybridized carbons (Fsp3) is 0.235. The van der Waals surface area contributed by atoms with Crippen molar-refractivity contribution >= 4 is 40.6 Å². The van der Waals surface area contributed by atoms with Crippen molar-refractivity contribution < 1.29 is 9.18 Å². The number of hydrogen-bond acceptors (Lipinski definition) is 2. The molecular formula is C17H16Cl2FN3O. The molecule has 1 fully saturated rings. The molecular weight excluding hydrogens is 352 g/mol. The highest BCUT2D eigenvalue weighted by molar-refractivity contribution is 6.35. The van der Waals surface area contributed by atoms with E-state index >= 15 is 0 Å². The van der Waals surface area contributed by atoms with Crippen LogP contribution in [-0.4, -0.2) is 37.1 Å². The molecule has 1 N–H and O–H groups in total. The number of carbonyl (C=O) groups is 1. The number of benzene rings is 2. The third-order valence-electron chi connectivity index (χ3n) is 3.93. The number of rotatable bonds is 2. The van der Waals surface area contributed by atoms with Gasteiger partial charge in [-0.15, -0.1) is 0 Å². The Morgan fingerprint density at radius 2 is 1.75 bits per heavy atom. The highest BCUT2D eigenvalue weighted by atomic mass is 35.5. The second-order valence-electron chi connectivity index (χ2n) is 5.48. The van der Waals surface area contributed by atoms with Crippen molar-refractivity contribution in [1.29, 1.82) is 0 Å². The second-order valence-corrected chi connectivity index (χ2v) is 6.32. The van der Waals surface area contributed by atoms with Gasteiger partial charge in [-0.2, -0.15) is 0 Å². The highest BCUT2D eigenvalue weighted by Crippen LogP contribution is 2.29. The van der Waals surface area contributed by atoms with Crippen LogP contribution in [0.3, 0.4) is 0 Å². The van der Waals surface area contributed by atoms with Crippen LogP contribution in [-0.2, 0) is 0 Å². The summed E-state index contributed by atoms with van der Waals surface area (Å²) in [6.07, 6.45) is 0. The Bertz CT molecular complexity index is 748. The molecule has 0 radical (unpaired) electrons. The molecule has 2 aromatic rings. The number of nitrogens with one attached hydrogen (secondary N) is 1. The van der Waals surface area contributed by atoms with Gasteiger partial charge in [-0.1, -0.05) is 35.3 Å². The number of amides is 2. The summed E-state index contributed by atoms with van der Waals surface area (Å²) in [5.41, 5.74) is 1.04. The molecule has 24 heavy (non-hydrogen) atoms. The third kappa shape index (κ3) is 3.74. The van der Waals surface area contributed by atoms with Gasteiger partial charge in [0.25, 0.3) is 0 Å². The van der Waals surface area contributed by atoms with Crippen molar-refractivity contribution in [3.8, 4) is 0 Å². The fourth-order valence-corrected chi connectivity index (χ4v) is 3.04. The van der Waals surface area contributed by atoms with Crippen molar-refractivity contribution in [2.75, 3.05) is 36.4 Å². The Labute approximate surface area is 149 Å². The molecule has 1 aliphatic rings. The van der Waals surface area contributed by atoms with Gasteiger partial charge in [0.2, 0.25) is 0 Å². The summed E-state index contributed by atoms with van der Waals surface area (Å²) in [7, 11) is 0. The molecule has 0 spiro atoms. The first-order chi connectivity index (χ1) is 11.5. The first-order valence-electron chi connectivity index (χ1n) is 7.55. The number of halogens is 3. The molecule has 126 valence electrons. The molecule has 0 aliphatic carbocycles. The molecule has 0 bridgehead atoms. The van der Waals surface area contributed by atoms with Gasteiger partial charge in [0.15, 0.2) is 0 Å². The zero-order valence-corrected chi connectivity index (χ0v) is 14.3. The number of nitrogens with zero attached hydrogens (tertiary/aromatic N) is 2. The summed E-state index contributed by atoms with van der Waals surface area (Å²) >= 11 is 12.2. The smallest absolute Gasteiger partial charge is 0.322 e. The molecule has 1 heterocycles. The molecule has 0 unspecified atom stereocenters. The molecule has 2 aromatic carbocycles. The lowest BCUT2D eigenvalue weighted by atomic mass is 10.2. The van der Waals surface area contributed by atoms with Crippen molar-refractivity contribution in [2.24, 2.45) is 0 Å². The largest absolute Gasteiger partial charge is 0.367 e. The summed E-state index contributed by atoms with van der Waals surface area (Å²) in [5, 5.41) is 3.85. The first kappa shape index (κ1) is 16.9. The van der Waals surface area contributed by atoms with E-state index in [1.807, 2.05) is 6.07 Å². The normalized spacial score (nSPS) is 14.6. The summed E-state index contributed by atoms with van der Waals surface area (Å²) < 4.78 is 13.6. The molecule has 0 atom stereocenters. The van der Waals surface area contributed by atoms with E-state index in [9.17, 15) is 9.18 Å². The van der Waals surface area contributed by atoms with E-state index in [1.54, 1.807) is 29.2 Å². The molecule has 0 saturated carbocycles. The monoisotopic (exact) mass is 367 g/mol. The van der Waals surface area contributed by atoms with Crippen LogP contribution in [0.1, 0.15) is 0 Å². The van der Waals surface area contributed by atoms with E-state index in [2.05, 4.69) is 10.2 Å². The van der Waals surface area contributed by atoms with Gasteiger partial charge >= 0.3 is 6.03 Å². The Morgan fingerprint density at radius 3 is 2.46 bits per heavy atom. The van der Waals surface area contributed by atoms with E-state index in [4.69, 9.17) is 23.2 Å². The van der Waals surface area contributed by atoms with Crippen LogP contribution in [0.4, 0.5) is 20.6 Å². The van der Waals surface area contributed by atoms with Gasteiger partial charge in [0.05, 0.1) is 16.4 Å². The topological polar surface area (TPSA) is 35.6 Å². The van der Waals surface area contributed by atoms with Gasteiger partial charge < -0.3 is 15.1 Å². The maximum atomic E-state index is 13.6. The number of hydrogen-bond donors (Lipinski definition) is 1. The number of piperazine rings is 1. The van der Waals surface area contributed by atoms with Crippen LogP contribution < -0.4 is 10.2 Å². The zero-order chi connectivity index (χ0) is 17.1. The van der Waals surface area contributed by atoms with Crippen molar-refractivity contribution in [2.45, 2.75) is 0 Å². The lowest BCUT2D eigenvalue weighted by molar-refractivity contribution is 0.208. The molecule has 7 heteroatoms. The quantitative estimate of drug-likeness (QED) is 0.848. The van der Waals surface area contributed by atoms with Crippen LogP contribution in [0, 0.1) is 5.82 Å². The Hall–Kier alpha value is -1.98. The number of carbonyl (C=O) groups excluding carboxylic acids is 1. The standard InChI is InChI=1S/C17H16Cl2FN3O/c18-12-5-6-13(19)16(11-12)22-7-9-23(10-8-22)17(24)21-15-4-2-1-3-14(15)20/h1-6,11H,7-10H2,(H,21,24). The molecule has 3 rings (SSSR count). The van der Waals surface area contributed by atoms with Crippen molar-refractivity contribution in [3.05, 3.63) is 58.3 Å². The summed E-state index contributed by atoms with van der Waals surface area (Å²) in [6.45, 7) is 2.29. The fourth-order valence-electron chi connectivity index (χ4n) is 2.64. The number of para-hydroxylation sites is 1. The molecule has 4 nitrogen and oxygen atoms in total. The predicted molar refractivity (Wildman–Crippen MR) is 95.7 cm³/mol. The first-order valence-corrected chi connectivity index (χ1v) is 8.30. The Morgan fingerprint density at radius 1 is 1.04 bits per heavy atom. The molecule has 0 aromatic heterocycles. The van der Waals surface area contributed by atoms with E-state index in [1.165, 1.54) is 12.1 Å². The maximum absolute atomic E-state index is 13.6. The highest BCUT2D eigenvalue weighted by Gasteiger charge is 2.23. The van der Waals surface area contributed by atoms with Gasteiger partial charge in [0.1, 0.15) is 5.82 Å². The van der Waals surface area contributed by atoms with Gasteiger partial charge in [-0.3, -0.25) is 0 Å². The molecule has 2 amide bonds. The minimum absolute atomic E-state index is 0.183. The number of anilines is 2. The summed E-state index contributed by atoms with van der Waals surface area (Å²) in [5.74, 6) is -0.449. The van der Waals surface area contributed by atoms with E-state index in [0.29, 0.717) is 36.2 Å². The molecule has 1 saturated heterocycles. The zero-order valence-electron chi connectivity index (χ0n) is 12.8. The van der Waals surface area contributed by atoms with Crippen molar-refractivity contribution in [3.63, 3.8) is 0 Å². The van der Waals surface area contributed by atoms with Crippen LogP contribution in [0.5, 0.6) is 0 Å². The minimum atomic E-state index is -0.449. The average molecular weight is 368 g/mol. The lowest BCUT2D eigenvalue weighted by Crippen LogP contribution is -2.50. The second kappa shape index (κ2) is 7.28. The van der Waals surface area contributed by atoms with Crippen molar-refractivity contribution in [1.82, 2.24) is 4.90 Å². The van der Waals surface area contributed by atoms with E-state index in [0.717, 1.165) is 5.69 Å². The van der Waals surface area contributed by atoms with Crippen LogP contribution in [0.15, 0.2) is 42.5 Å². The van der Waals surface area contributed by atoms with Crippen LogP contribution in [0.25, 0.3) is 0 Å². The van der Waals surface area contributed by atoms with Gasteiger partial charge in [-0.05, 0) is 30.3 Å². The average Bonchev–Trinajstić information content (AvgIpc) is 2.59. The van der Waals surface area contributed by atoms with Gasteiger partial charge in [-0.25, -0.2) is 9.18 Å². The third-order valence-corrected chi connectivity index (χ3v) is 4.49. The SMILES string of the molecule is O=C(Nc1ccccc1F)N1CCN(c2cc(Cl)ccc2Cl)CC1. The Kier molecular flexibility index (Phi) is 5.11. The van der Waals surface area contributed by atoms with Crippen LogP contribution in [0.2, 0.25) is 10.0 Å². The molecule has 1 aliphatic heterocycles. The number of urea groups is 1. The van der Waals surface area contributed by atoms with Gasteiger partial charge in [0, 0.05) is 31.2 Å². The summed E-state index contributed by atoms with van der Waals surface area (Å²) in [6, 6.07) is 11.1.